The molecule has 1 saturated heterocycles. The van der Waals surface area contributed by atoms with Gasteiger partial charge in [0.05, 0.1) is 22.7 Å². The van der Waals surface area contributed by atoms with Crippen LogP contribution in [-0.4, -0.2) is 12.7 Å². The van der Waals surface area contributed by atoms with Crippen LogP contribution >= 0.6 is 0 Å². The SMILES string of the molecule is CC(C)(C)c1cc2c3c(c1)N(c1cccc4ccccc14)C=C1B3C(=CN2c2cccc3ccccc23)N(c2ccccc2-c2ccccc2)C(=O)N1c1ccccc1-c1ccccc1. The maximum Gasteiger partial charge on any atom is 0.336 e. The molecule has 0 bridgehead atoms. The van der Waals surface area contributed by atoms with Gasteiger partial charge < -0.3 is 9.80 Å². The van der Waals surface area contributed by atoms with E-state index in [1.165, 1.54) is 5.56 Å². The average molecular weight is 837 g/mol. The molecular formula is C59H45BN4O. The number of nitrogens with zero attached hydrogens (tertiary/aromatic N) is 4. The van der Waals surface area contributed by atoms with Crippen LogP contribution in [0.3, 0.4) is 0 Å². The van der Waals surface area contributed by atoms with Crippen molar-refractivity contribution in [2.75, 3.05) is 19.6 Å². The van der Waals surface area contributed by atoms with Gasteiger partial charge >= 0.3 is 6.03 Å². The summed E-state index contributed by atoms with van der Waals surface area (Å²) in [5.41, 5.74) is 13.9. The third-order valence-electron chi connectivity index (χ3n) is 13.3. The Morgan fingerprint density at radius 2 is 0.785 bits per heavy atom. The quantitative estimate of drug-likeness (QED) is 0.156. The zero-order valence-electron chi connectivity index (χ0n) is 36.6. The molecule has 0 atom stereocenters. The van der Waals surface area contributed by atoms with E-state index in [2.05, 4.69) is 225 Å². The number of fused-ring (bicyclic) bond motifs is 2. The van der Waals surface area contributed by atoms with Crippen LogP contribution in [-0.2, 0) is 5.41 Å². The second kappa shape index (κ2) is 15.0. The number of hydrogen-bond acceptors (Lipinski definition) is 3. The average Bonchev–Trinajstić information content (AvgIpc) is 3.35. The number of carbonyl (C=O) groups is 1. The lowest BCUT2D eigenvalue weighted by molar-refractivity contribution is 0.254. The first-order valence-electron chi connectivity index (χ1n) is 22.4. The predicted molar refractivity (Wildman–Crippen MR) is 273 cm³/mol. The van der Waals surface area contributed by atoms with Gasteiger partial charge in [-0.25, -0.2) is 4.79 Å². The molecule has 2 amide bonds. The Balaban J connectivity index is 1.22. The first-order chi connectivity index (χ1) is 31.8. The minimum atomic E-state index is -0.336. The first kappa shape index (κ1) is 38.6. The van der Waals surface area contributed by atoms with Crippen LogP contribution in [0.2, 0.25) is 0 Å². The summed E-state index contributed by atoms with van der Waals surface area (Å²) < 4.78 is 0. The molecule has 0 radical (unpaired) electrons. The third kappa shape index (κ3) is 6.20. The summed E-state index contributed by atoms with van der Waals surface area (Å²) in [4.78, 5) is 25.2. The standard InChI is InChI=1S/C59H45BN4O/c1-59(2,3)44-36-53-57-54(37-44)62(50-35-19-27-43-25-11-13-29-46(43)50)39-56-60(57)55(38-61(53)49-34-18-26-42-24-10-12-28-45(42)49)63(51-32-16-14-30-47(51)40-20-6-4-7-21-40)58(65)64(56)52-33-17-15-31-48(52)41-22-8-5-9-23-41/h4-39H,1-3H3. The molecule has 12 rings (SSSR count). The van der Waals surface area contributed by atoms with E-state index >= 15 is 4.79 Å². The molecule has 0 aliphatic carbocycles. The highest BCUT2D eigenvalue weighted by Gasteiger charge is 2.52. The van der Waals surface area contributed by atoms with E-state index in [0.29, 0.717) is 0 Å². The summed E-state index contributed by atoms with van der Waals surface area (Å²) in [5.74, 6) is 0. The van der Waals surface area contributed by atoms with E-state index in [1.807, 2.05) is 34.1 Å². The highest BCUT2D eigenvalue weighted by Crippen LogP contribution is 2.51. The predicted octanol–water partition coefficient (Wildman–Crippen LogP) is 14.5. The first-order valence-corrected chi connectivity index (χ1v) is 22.4. The number of urea groups is 1. The van der Waals surface area contributed by atoms with E-state index in [1.54, 1.807) is 0 Å². The molecule has 0 aromatic heterocycles. The molecule has 9 aromatic carbocycles. The van der Waals surface area contributed by atoms with Crippen LogP contribution in [0.4, 0.5) is 38.9 Å². The minimum absolute atomic E-state index is 0.153. The third-order valence-corrected chi connectivity index (χ3v) is 13.3. The number of anilines is 6. The van der Waals surface area contributed by atoms with Crippen molar-refractivity contribution in [3.05, 3.63) is 235 Å². The van der Waals surface area contributed by atoms with Gasteiger partial charge in [0.1, 0.15) is 0 Å². The lowest BCUT2D eigenvalue weighted by atomic mass is 9.36. The zero-order chi connectivity index (χ0) is 43.8. The largest absolute Gasteiger partial charge is 0.336 e. The number of para-hydroxylation sites is 2. The minimum Gasteiger partial charge on any atom is -0.316 e. The van der Waals surface area contributed by atoms with Gasteiger partial charge in [-0.1, -0.05) is 191 Å². The van der Waals surface area contributed by atoms with Crippen LogP contribution < -0.4 is 25.1 Å². The molecule has 310 valence electrons. The maximum absolute atomic E-state index is 16.5. The van der Waals surface area contributed by atoms with Crippen LogP contribution in [0.25, 0.3) is 43.8 Å². The summed E-state index contributed by atoms with van der Waals surface area (Å²) in [6, 6.07) is 72.5. The molecule has 0 spiro atoms. The van der Waals surface area contributed by atoms with Gasteiger partial charge in [0.25, 0.3) is 6.71 Å². The molecule has 1 fully saturated rings. The number of hydrogen-bond donors (Lipinski definition) is 0. The van der Waals surface area contributed by atoms with Crippen LogP contribution in [0.5, 0.6) is 0 Å². The molecular weight excluding hydrogens is 791 g/mol. The zero-order valence-corrected chi connectivity index (χ0v) is 36.6. The van der Waals surface area contributed by atoms with E-state index in [-0.39, 0.29) is 18.2 Å². The van der Waals surface area contributed by atoms with Gasteiger partial charge in [0, 0.05) is 56.9 Å². The van der Waals surface area contributed by atoms with Gasteiger partial charge in [-0.05, 0) is 74.7 Å². The van der Waals surface area contributed by atoms with E-state index < -0.39 is 0 Å². The van der Waals surface area contributed by atoms with Crippen LogP contribution in [0.1, 0.15) is 26.3 Å². The summed E-state index contributed by atoms with van der Waals surface area (Å²) in [5, 5.41) is 4.57. The monoisotopic (exact) mass is 836 g/mol. The van der Waals surface area contributed by atoms with Crippen LogP contribution in [0, 0.1) is 0 Å². The molecule has 3 aliphatic rings. The van der Waals surface area contributed by atoms with Crippen molar-refractivity contribution in [2.24, 2.45) is 0 Å². The van der Waals surface area contributed by atoms with E-state index in [4.69, 9.17) is 0 Å². The molecule has 3 aliphatic heterocycles. The Labute approximate surface area is 380 Å². The molecule has 0 unspecified atom stereocenters. The summed E-state index contributed by atoms with van der Waals surface area (Å²) >= 11 is 0. The van der Waals surface area contributed by atoms with Gasteiger partial charge in [-0.3, -0.25) is 9.80 Å². The molecule has 3 heterocycles. The molecule has 65 heavy (non-hydrogen) atoms. The Morgan fingerprint density at radius 3 is 1.25 bits per heavy atom. The highest BCUT2D eigenvalue weighted by molar-refractivity contribution is 6.91. The van der Waals surface area contributed by atoms with Crippen molar-refractivity contribution in [3.63, 3.8) is 0 Å². The Hall–Kier alpha value is -8.09. The lowest BCUT2D eigenvalue weighted by Gasteiger charge is -2.50. The maximum atomic E-state index is 16.5. The number of carbonyl (C=O) groups excluding carboxylic acids is 1. The van der Waals surface area contributed by atoms with Gasteiger partial charge in [-0.15, -0.1) is 0 Å². The van der Waals surface area contributed by atoms with E-state index in [0.717, 1.165) is 94.6 Å². The van der Waals surface area contributed by atoms with Gasteiger partial charge in [0.2, 0.25) is 0 Å². The second-order valence-electron chi connectivity index (χ2n) is 18.2. The summed E-state index contributed by atoms with van der Waals surface area (Å²) in [6.07, 6.45) is 4.51. The highest BCUT2D eigenvalue weighted by atomic mass is 16.2. The Kier molecular flexibility index (Phi) is 8.92. The van der Waals surface area contributed by atoms with Crippen LogP contribution in [0.15, 0.2) is 230 Å². The lowest BCUT2D eigenvalue weighted by Crippen LogP contribution is -2.63. The Morgan fingerprint density at radius 1 is 0.400 bits per heavy atom. The fourth-order valence-corrected chi connectivity index (χ4v) is 10.2. The Bertz CT molecular complexity index is 3200. The molecule has 0 N–H and O–H groups in total. The molecule has 5 nitrogen and oxygen atoms in total. The van der Waals surface area contributed by atoms with Crippen molar-refractivity contribution < 1.29 is 4.79 Å². The topological polar surface area (TPSA) is 30.0 Å². The summed E-state index contributed by atoms with van der Waals surface area (Å²) in [7, 11) is 0. The van der Waals surface area contributed by atoms with Gasteiger partial charge in [-0.2, -0.15) is 0 Å². The molecule has 6 heteroatoms. The van der Waals surface area contributed by atoms with Crippen molar-refractivity contribution in [1.82, 2.24) is 0 Å². The van der Waals surface area contributed by atoms with Gasteiger partial charge in [0.15, 0.2) is 0 Å². The summed E-state index contributed by atoms with van der Waals surface area (Å²) in [6.45, 7) is 6.55. The fourth-order valence-electron chi connectivity index (χ4n) is 10.2. The van der Waals surface area contributed by atoms with Crippen molar-refractivity contribution >= 4 is 73.9 Å². The molecule has 9 aromatic rings. The number of rotatable bonds is 6. The normalized spacial score (nSPS) is 14.4. The van der Waals surface area contributed by atoms with Crippen molar-refractivity contribution in [2.45, 2.75) is 26.2 Å². The van der Waals surface area contributed by atoms with Crippen molar-refractivity contribution in [3.8, 4) is 22.3 Å². The van der Waals surface area contributed by atoms with Crippen molar-refractivity contribution in [1.29, 1.82) is 0 Å². The molecule has 0 saturated carbocycles. The fraction of sp³-hybridized carbons (Fsp3) is 0.0678. The number of benzene rings is 9. The smallest absolute Gasteiger partial charge is 0.316 e. The second-order valence-corrected chi connectivity index (χ2v) is 18.2. The van der Waals surface area contributed by atoms with E-state index in [9.17, 15) is 0 Å². The number of amides is 2.